The maximum Gasteiger partial charge on any atom is 0.322 e. The van der Waals surface area contributed by atoms with E-state index in [1.54, 1.807) is 0 Å². The molecule has 0 radical (unpaired) electrons. The van der Waals surface area contributed by atoms with E-state index in [1.165, 1.54) is 4.40 Å². The molecule has 4 N–H and O–H groups in total. The Labute approximate surface area is 143 Å². The van der Waals surface area contributed by atoms with Crippen LogP contribution >= 0.6 is 11.3 Å². The van der Waals surface area contributed by atoms with Crippen LogP contribution in [0.4, 0.5) is 0 Å². The molecular formula is C14H13N3O7S. The second kappa shape index (κ2) is 6.16. The number of aliphatic carboxylic acids is 2. The van der Waals surface area contributed by atoms with Crippen LogP contribution in [0.3, 0.4) is 0 Å². The Kier molecular flexibility index (Phi) is 4.17. The molecule has 0 saturated heterocycles. The number of carbonyl (C=O) groups is 3. The summed E-state index contributed by atoms with van der Waals surface area (Å²) in [6, 6.07) is 0. The van der Waals surface area contributed by atoms with Crippen molar-refractivity contribution >= 4 is 34.1 Å². The van der Waals surface area contributed by atoms with Gasteiger partial charge in [-0.1, -0.05) is 0 Å². The number of carbonyl (C=O) groups excluding carboxylic acids is 1. The first-order chi connectivity index (χ1) is 11.8. The van der Waals surface area contributed by atoms with Gasteiger partial charge < -0.3 is 20.6 Å². The molecule has 25 heavy (non-hydrogen) atoms. The van der Waals surface area contributed by atoms with E-state index in [1.807, 2.05) is 5.32 Å². The maximum absolute atomic E-state index is 12.6. The highest BCUT2D eigenvalue weighted by Gasteiger charge is 2.30. The van der Waals surface area contributed by atoms with E-state index in [-0.39, 0.29) is 11.4 Å². The van der Waals surface area contributed by atoms with Crippen molar-refractivity contribution in [2.45, 2.75) is 19.3 Å². The smallest absolute Gasteiger partial charge is 0.322 e. The molecular weight excluding hydrogens is 354 g/mol. The summed E-state index contributed by atoms with van der Waals surface area (Å²) in [5.74, 6) is -4.59. The first kappa shape index (κ1) is 16.9. The molecule has 1 amide bonds. The number of carboxylic acid groups (broad SMARTS) is 2. The molecule has 0 bridgehead atoms. The summed E-state index contributed by atoms with van der Waals surface area (Å²) >= 11 is 1.09. The van der Waals surface area contributed by atoms with E-state index in [4.69, 9.17) is 10.2 Å². The topological polar surface area (TPSA) is 158 Å². The van der Waals surface area contributed by atoms with Gasteiger partial charge in [0.05, 0.1) is 5.92 Å². The van der Waals surface area contributed by atoms with Crippen molar-refractivity contribution in [2.75, 3.05) is 6.54 Å². The average Bonchev–Trinajstić information content (AvgIpc) is 2.89. The van der Waals surface area contributed by atoms with Crippen molar-refractivity contribution in [1.29, 1.82) is 0 Å². The van der Waals surface area contributed by atoms with Crippen molar-refractivity contribution < 1.29 is 29.7 Å². The largest absolute Gasteiger partial charge is 0.492 e. The second-order valence-electron chi connectivity index (χ2n) is 5.56. The Hall–Kier alpha value is -2.95. The van der Waals surface area contributed by atoms with E-state index in [0.717, 1.165) is 11.3 Å². The molecule has 1 aliphatic carbocycles. The van der Waals surface area contributed by atoms with Gasteiger partial charge in [0.25, 0.3) is 11.5 Å². The van der Waals surface area contributed by atoms with Crippen LogP contribution in [-0.2, 0) is 22.4 Å². The molecule has 10 nitrogen and oxygen atoms in total. The summed E-state index contributed by atoms with van der Waals surface area (Å²) in [5.41, 5.74) is -0.876. The van der Waals surface area contributed by atoms with Gasteiger partial charge in [-0.3, -0.25) is 23.6 Å². The number of fused-ring (bicyclic) bond motifs is 3. The molecule has 0 aromatic carbocycles. The summed E-state index contributed by atoms with van der Waals surface area (Å²) in [6.07, 6.45) is 0.927. The minimum Gasteiger partial charge on any atom is -0.492 e. The van der Waals surface area contributed by atoms with Gasteiger partial charge in [-0.25, -0.2) is 0 Å². The number of nitrogens with zero attached hydrogens (tertiary/aromatic N) is 2. The Balaban J connectivity index is 2.08. The molecule has 132 valence electrons. The predicted molar refractivity (Wildman–Crippen MR) is 84.1 cm³/mol. The Morgan fingerprint density at radius 3 is 2.68 bits per heavy atom. The number of aromatic hydroxyl groups is 1. The lowest BCUT2D eigenvalue weighted by Gasteiger charge is -2.17. The standard InChI is InChI=1S/C14H13N3O7S/c18-8(19)4-15-10(20)9-11(21)16-14-17(12(9)22)6-2-1-5(13(23)24)3-7(6)25-14/h5,21H,1-4H2,(H,15,20)(H,18,19)(H,23,24). The molecule has 1 aliphatic rings. The van der Waals surface area contributed by atoms with Crippen molar-refractivity contribution in [2.24, 2.45) is 5.92 Å². The zero-order valence-electron chi connectivity index (χ0n) is 12.7. The van der Waals surface area contributed by atoms with Crippen molar-refractivity contribution in [3.63, 3.8) is 0 Å². The fraction of sp³-hybridized carbons (Fsp3) is 0.357. The first-order valence-corrected chi connectivity index (χ1v) is 8.10. The number of thiazole rings is 1. The van der Waals surface area contributed by atoms with Crippen LogP contribution in [-0.4, -0.2) is 49.1 Å². The summed E-state index contributed by atoms with van der Waals surface area (Å²) in [6.45, 7) is -0.706. The Morgan fingerprint density at radius 2 is 2.04 bits per heavy atom. The molecule has 11 heteroatoms. The van der Waals surface area contributed by atoms with Crippen molar-refractivity contribution in [3.05, 3.63) is 26.5 Å². The predicted octanol–water partition coefficient (Wildman–Crippen LogP) is -0.535. The number of amides is 1. The minimum atomic E-state index is -1.30. The fourth-order valence-corrected chi connectivity index (χ4v) is 4.02. The molecule has 1 unspecified atom stereocenters. The summed E-state index contributed by atoms with van der Waals surface area (Å²) in [4.78, 5) is 51.0. The van der Waals surface area contributed by atoms with Crippen LogP contribution in [0.2, 0.25) is 0 Å². The van der Waals surface area contributed by atoms with E-state index in [2.05, 4.69) is 4.98 Å². The van der Waals surface area contributed by atoms with Gasteiger partial charge in [0.2, 0.25) is 5.88 Å². The van der Waals surface area contributed by atoms with E-state index < -0.39 is 47.3 Å². The molecule has 0 spiro atoms. The molecule has 2 aromatic heterocycles. The fourth-order valence-electron chi connectivity index (χ4n) is 2.79. The monoisotopic (exact) mass is 367 g/mol. The molecule has 0 aliphatic heterocycles. The van der Waals surface area contributed by atoms with Crippen LogP contribution in [0.5, 0.6) is 5.88 Å². The SMILES string of the molecule is O=C(O)CNC(=O)c1c(O)nc2sc3c(n2c1=O)CCC(C(=O)O)C3. The van der Waals surface area contributed by atoms with Crippen molar-refractivity contribution in [3.8, 4) is 5.88 Å². The third-order valence-corrected chi connectivity index (χ3v) is 5.08. The lowest BCUT2D eigenvalue weighted by atomic mass is 9.91. The number of aryl methyl sites for hydroxylation is 1. The number of rotatable bonds is 4. The number of aromatic nitrogens is 2. The first-order valence-electron chi connectivity index (χ1n) is 7.28. The summed E-state index contributed by atoms with van der Waals surface area (Å²) < 4.78 is 1.19. The highest BCUT2D eigenvalue weighted by atomic mass is 32.1. The van der Waals surface area contributed by atoms with E-state index >= 15 is 0 Å². The van der Waals surface area contributed by atoms with Crippen LogP contribution in [0.15, 0.2) is 4.79 Å². The van der Waals surface area contributed by atoms with Crippen LogP contribution in [0.25, 0.3) is 4.96 Å². The summed E-state index contributed by atoms with van der Waals surface area (Å²) in [7, 11) is 0. The molecule has 0 saturated carbocycles. The van der Waals surface area contributed by atoms with Gasteiger partial charge in [0.1, 0.15) is 6.54 Å². The molecule has 0 fully saturated rings. The molecule has 2 heterocycles. The maximum atomic E-state index is 12.6. The van der Waals surface area contributed by atoms with Gasteiger partial charge in [-0.05, 0) is 19.3 Å². The average molecular weight is 367 g/mol. The number of hydrogen-bond acceptors (Lipinski definition) is 7. The van der Waals surface area contributed by atoms with Gasteiger partial charge in [-0.2, -0.15) is 4.98 Å². The lowest BCUT2D eigenvalue weighted by Crippen LogP contribution is -2.35. The molecule has 2 aromatic rings. The highest BCUT2D eigenvalue weighted by Crippen LogP contribution is 2.32. The quantitative estimate of drug-likeness (QED) is 0.561. The number of hydrogen-bond donors (Lipinski definition) is 4. The van der Waals surface area contributed by atoms with Crippen molar-refractivity contribution in [1.82, 2.24) is 14.7 Å². The van der Waals surface area contributed by atoms with Gasteiger partial charge >= 0.3 is 11.9 Å². The second-order valence-corrected chi connectivity index (χ2v) is 6.62. The Morgan fingerprint density at radius 1 is 1.32 bits per heavy atom. The van der Waals surface area contributed by atoms with Gasteiger partial charge in [0, 0.05) is 10.6 Å². The molecule has 3 rings (SSSR count). The number of carboxylic acids is 2. The third-order valence-electron chi connectivity index (χ3n) is 3.98. The highest BCUT2D eigenvalue weighted by molar-refractivity contribution is 7.17. The van der Waals surface area contributed by atoms with E-state index in [0.29, 0.717) is 23.4 Å². The third kappa shape index (κ3) is 2.93. The normalized spacial score (nSPS) is 16.4. The number of nitrogens with one attached hydrogen (secondary N) is 1. The van der Waals surface area contributed by atoms with Crippen LogP contribution < -0.4 is 10.9 Å². The zero-order valence-corrected chi connectivity index (χ0v) is 13.5. The van der Waals surface area contributed by atoms with E-state index in [9.17, 15) is 24.3 Å². The molecule has 1 atom stereocenters. The van der Waals surface area contributed by atoms with Gasteiger partial charge in [-0.15, -0.1) is 11.3 Å². The lowest BCUT2D eigenvalue weighted by molar-refractivity contribution is -0.142. The summed E-state index contributed by atoms with van der Waals surface area (Å²) in [5, 5.41) is 29.6. The minimum absolute atomic E-state index is 0.160. The Bertz CT molecular complexity index is 961. The van der Waals surface area contributed by atoms with Gasteiger partial charge in [0.15, 0.2) is 10.5 Å². The zero-order chi connectivity index (χ0) is 18.3. The van der Waals surface area contributed by atoms with Crippen LogP contribution in [0.1, 0.15) is 27.3 Å². The van der Waals surface area contributed by atoms with Crippen LogP contribution in [0, 0.1) is 5.92 Å².